The monoisotopic (exact) mass is 435 g/mol. The quantitative estimate of drug-likeness (QED) is 0.193. The molecule has 0 spiro atoms. The fraction of sp³-hybridized carbons (Fsp3) is 0.357. The molecule has 3 rings (SSSR count). The molecule has 14 heteroatoms. The van der Waals surface area contributed by atoms with E-state index in [4.69, 9.17) is 10.5 Å². The number of nitrogens with two attached hydrogens (primary N) is 1. The summed E-state index contributed by atoms with van der Waals surface area (Å²) in [6, 6.07) is -0.937. The van der Waals surface area contributed by atoms with Crippen LogP contribution < -0.4 is 45.7 Å². The van der Waals surface area contributed by atoms with E-state index in [9.17, 15) is 19.5 Å². The van der Waals surface area contributed by atoms with Crippen molar-refractivity contribution in [3.63, 3.8) is 0 Å². The van der Waals surface area contributed by atoms with Crippen molar-refractivity contribution in [2.24, 2.45) is 5.16 Å². The van der Waals surface area contributed by atoms with Gasteiger partial charge in [0.25, 0.3) is 11.8 Å². The number of hydrogen-bond donors (Lipinski definition) is 2. The normalized spacial score (nSPS) is 21.3. The molecular weight excluding hydrogens is 421 g/mol. The second-order valence-corrected chi connectivity index (χ2v) is 7.31. The number of methoxy groups -OCH3 is 1. The summed E-state index contributed by atoms with van der Waals surface area (Å²) in [5, 5.41) is 18.7. The third-order valence-corrected chi connectivity index (χ3v) is 5.75. The van der Waals surface area contributed by atoms with Crippen molar-refractivity contribution < 1.29 is 58.6 Å². The summed E-state index contributed by atoms with van der Waals surface area (Å²) < 4.78 is 5.01. The number of oxime groups is 1. The summed E-state index contributed by atoms with van der Waals surface area (Å²) in [4.78, 5) is 46.1. The van der Waals surface area contributed by atoms with Crippen LogP contribution in [0.3, 0.4) is 0 Å². The minimum atomic E-state index is -1.52. The Morgan fingerprint density at radius 1 is 1.46 bits per heavy atom. The maximum absolute atomic E-state index is 12.6. The van der Waals surface area contributed by atoms with E-state index in [-0.39, 0.29) is 63.3 Å². The van der Waals surface area contributed by atoms with Gasteiger partial charge < -0.3 is 30.5 Å². The summed E-state index contributed by atoms with van der Waals surface area (Å²) >= 11 is 2.38. The number of carboxylic acids is 1. The van der Waals surface area contributed by atoms with Crippen LogP contribution in [0.1, 0.15) is 5.69 Å². The van der Waals surface area contributed by atoms with Gasteiger partial charge in [-0.1, -0.05) is 5.16 Å². The molecule has 144 valence electrons. The minimum absolute atomic E-state index is 0. The maximum Gasteiger partial charge on any atom is 1.00 e. The molecule has 2 aliphatic rings. The second kappa shape index (κ2) is 9.13. The van der Waals surface area contributed by atoms with E-state index < -0.39 is 29.2 Å². The SMILES string of the molecule is CON=C(C(=O)NC1C(=O)N2C(C(=O)[O-])=C(OC)CS[C@@H]12)c1csc(N)n1.[Na+]. The molecular formula is C14H14N5NaO6S2. The fourth-order valence-electron chi connectivity index (χ4n) is 2.64. The number of aliphatic carboxylic acids is 1. The Morgan fingerprint density at radius 3 is 2.71 bits per heavy atom. The second-order valence-electron chi connectivity index (χ2n) is 5.32. The number of amides is 2. The van der Waals surface area contributed by atoms with Gasteiger partial charge in [-0.2, -0.15) is 0 Å². The minimum Gasteiger partial charge on any atom is -0.543 e. The largest absolute Gasteiger partial charge is 1.00 e. The Hall–Kier alpha value is -1.80. The number of fused-ring (bicyclic) bond motifs is 1. The summed E-state index contributed by atoms with van der Waals surface area (Å²) in [5.41, 5.74) is 5.30. The number of ether oxygens (including phenoxy) is 1. The van der Waals surface area contributed by atoms with E-state index in [0.717, 1.165) is 16.2 Å². The predicted molar refractivity (Wildman–Crippen MR) is 94.1 cm³/mol. The van der Waals surface area contributed by atoms with Crippen LogP contribution >= 0.6 is 23.1 Å². The average Bonchev–Trinajstić information content (AvgIpc) is 3.08. The number of hydrogen-bond acceptors (Lipinski definition) is 11. The topological polar surface area (TPSA) is 159 Å². The van der Waals surface area contributed by atoms with Gasteiger partial charge in [0, 0.05) is 5.38 Å². The molecule has 1 unspecified atom stereocenters. The van der Waals surface area contributed by atoms with E-state index >= 15 is 0 Å². The molecule has 1 fully saturated rings. The number of β-lactam (4-membered cyclic amide) rings is 1. The zero-order chi connectivity index (χ0) is 19.7. The van der Waals surface area contributed by atoms with Gasteiger partial charge in [-0.3, -0.25) is 14.5 Å². The molecule has 2 atom stereocenters. The average molecular weight is 435 g/mol. The van der Waals surface area contributed by atoms with E-state index in [0.29, 0.717) is 0 Å². The smallest absolute Gasteiger partial charge is 0.543 e. The van der Waals surface area contributed by atoms with Gasteiger partial charge in [-0.25, -0.2) is 4.98 Å². The zero-order valence-electron chi connectivity index (χ0n) is 15.1. The molecule has 0 aromatic carbocycles. The maximum atomic E-state index is 12.6. The molecule has 1 aromatic rings. The first kappa shape index (κ1) is 22.5. The Bertz CT molecular complexity index is 872. The van der Waals surface area contributed by atoms with Crippen molar-refractivity contribution in [1.29, 1.82) is 0 Å². The number of nitrogens with zero attached hydrogens (tertiary/aromatic N) is 3. The van der Waals surface area contributed by atoms with Crippen molar-refractivity contribution in [3.05, 3.63) is 22.5 Å². The number of anilines is 1. The van der Waals surface area contributed by atoms with Crippen molar-refractivity contribution in [2.75, 3.05) is 25.7 Å². The number of carboxylic acid groups (broad SMARTS) is 1. The molecule has 0 aliphatic carbocycles. The van der Waals surface area contributed by atoms with E-state index in [1.807, 2.05) is 0 Å². The number of nitrogen functional groups attached to an aromatic ring is 1. The summed E-state index contributed by atoms with van der Waals surface area (Å²) in [5.74, 6) is -2.45. The molecule has 2 amide bonds. The van der Waals surface area contributed by atoms with Gasteiger partial charge in [0.2, 0.25) is 0 Å². The number of nitrogens with one attached hydrogen (secondary N) is 1. The van der Waals surface area contributed by atoms with Crippen molar-refractivity contribution >= 4 is 51.7 Å². The Labute approximate surface area is 189 Å². The van der Waals surface area contributed by atoms with Crippen LogP contribution in [0.5, 0.6) is 0 Å². The number of thioether (sulfide) groups is 1. The van der Waals surface area contributed by atoms with Crippen LogP contribution in [0.4, 0.5) is 5.13 Å². The molecule has 0 saturated carbocycles. The first-order valence-corrected chi connectivity index (χ1v) is 9.38. The van der Waals surface area contributed by atoms with Crippen molar-refractivity contribution in [3.8, 4) is 0 Å². The molecule has 0 bridgehead atoms. The third-order valence-electron chi connectivity index (χ3n) is 3.82. The standard InChI is InChI=1S/C14H15N5O6S2.Na/c1-24-6-4-26-12-8(11(21)19(12)9(6)13(22)23)17-10(20)7(18-25-2)5-3-27-14(15)16-5;/h3,8,12H,4H2,1-2H3,(H2,15,16)(H,17,20)(H,22,23);/q;+1/p-1/t8?,12-;/m0./s1. The van der Waals surface area contributed by atoms with Crippen LogP contribution in [0, 0.1) is 0 Å². The number of carbonyl (C=O) groups is 3. The van der Waals surface area contributed by atoms with Gasteiger partial charge in [-0.15, -0.1) is 23.1 Å². The Kier molecular flexibility index (Phi) is 7.33. The van der Waals surface area contributed by atoms with Crippen LogP contribution in [0.25, 0.3) is 0 Å². The molecule has 3 heterocycles. The van der Waals surface area contributed by atoms with Crippen LogP contribution in [-0.4, -0.2) is 64.8 Å². The summed E-state index contributed by atoms with van der Waals surface area (Å²) in [7, 11) is 2.58. The van der Waals surface area contributed by atoms with Crippen molar-refractivity contribution in [1.82, 2.24) is 15.2 Å². The van der Waals surface area contributed by atoms with E-state index in [1.165, 1.54) is 31.4 Å². The molecule has 3 N–H and O–H groups in total. The number of carbonyl (C=O) groups excluding carboxylic acids is 3. The third kappa shape index (κ3) is 3.98. The molecule has 2 aliphatic heterocycles. The molecule has 0 radical (unpaired) electrons. The van der Waals surface area contributed by atoms with Gasteiger partial charge in [-0.05, 0) is 0 Å². The van der Waals surface area contributed by atoms with Crippen LogP contribution in [0.2, 0.25) is 0 Å². The van der Waals surface area contributed by atoms with Gasteiger partial charge in [0.1, 0.15) is 35.7 Å². The number of aromatic nitrogens is 1. The molecule has 1 aromatic heterocycles. The fourth-order valence-corrected chi connectivity index (χ4v) is 4.50. The van der Waals surface area contributed by atoms with Gasteiger partial charge >= 0.3 is 29.6 Å². The molecule has 11 nitrogen and oxygen atoms in total. The number of thiazole rings is 1. The van der Waals surface area contributed by atoms with E-state index in [1.54, 1.807) is 0 Å². The molecule has 1 saturated heterocycles. The first-order valence-electron chi connectivity index (χ1n) is 7.45. The number of rotatable bonds is 6. The van der Waals surface area contributed by atoms with E-state index in [2.05, 4.69) is 20.3 Å². The summed E-state index contributed by atoms with van der Waals surface area (Å²) in [6.45, 7) is 0. The first-order chi connectivity index (χ1) is 12.9. The zero-order valence-corrected chi connectivity index (χ0v) is 18.8. The van der Waals surface area contributed by atoms with Crippen molar-refractivity contribution in [2.45, 2.75) is 11.4 Å². The van der Waals surface area contributed by atoms with Crippen LogP contribution in [0.15, 0.2) is 22.0 Å². The summed E-state index contributed by atoms with van der Waals surface area (Å²) in [6.07, 6.45) is 0. The van der Waals surface area contributed by atoms with Gasteiger partial charge in [0.15, 0.2) is 10.8 Å². The Balaban J connectivity index is 0.00000280. The van der Waals surface area contributed by atoms with Gasteiger partial charge in [0.05, 0.1) is 18.8 Å². The Morgan fingerprint density at radius 2 is 2.18 bits per heavy atom. The van der Waals surface area contributed by atoms with Crippen LogP contribution in [-0.2, 0) is 24.0 Å². The predicted octanol–water partition coefficient (Wildman–Crippen LogP) is -4.91. The molecule has 28 heavy (non-hydrogen) atoms.